The van der Waals surface area contributed by atoms with Gasteiger partial charge in [-0.15, -0.1) is 24.0 Å². The van der Waals surface area contributed by atoms with Crippen LogP contribution in [0, 0.1) is 0 Å². The highest BCUT2D eigenvalue weighted by Gasteiger charge is 2.20. The number of benzene rings is 1. The molecule has 6 nitrogen and oxygen atoms in total. The normalized spacial score (nSPS) is 18.4. The lowest BCUT2D eigenvalue weighted by molar-refractivity contribution is 0.157. The molecule has 0 radical (unpaired) electrons. The average Bonchev–Trinajstić information content (AvgIpc) is 2.64. The van der Waals surface area contributed by atoms with Gasteiger partial charge in [-0.3, -0.25) is 4.90 Å². The van der Waals surface area contributed by atoms with Crippen molar-refractivity contribution in [1.29, 1.82) is 0 Å². The summed E-state index contributed by atoms with van der Waals surface area (Å²) in [4.78, 5) is 6.94. The Balaban J connectivity index is 0.00000312. The van der Waals surface area contributed by atoms with E-state index < -0.39 is 0 Å². The second-order valence-corrected chi connectivity index (χ2v) is 6.05. The summed E-state index contributed by atoms with van der Waals surface area (Å²) < 4.78 is 10.5. The van der Waals surface area contributed by atoms with Crippen LogP contribution in [0.25, 0.3) is 0 Å². The highest BCUT2D eigenvalue weighted by atomic mass is 127. The predicted molar refractivity (Wildman–Crippen MR) is 113 cm³/mol. The Morgan fingerprint density at radius 2 is 2.04 bits per heavy atom. The predicted octanol–water partition coefficient (Wildman–Crippen LogP) is 2.60. The summed E-state index contributed by atoms with van der Waals surface area (Å²) in [6.45, 7) is 5.86. The Bertz CT molecular complexity index is 554. The minimum Gasteiger partial charge on any atom is -0.493 e. The minimum atomic E-state index is 0. The number of nitrogens with one attached hydrogen (secondary N) is 1. The zero-order valence-electron chi connectivity index (χ0n) is 15.5. The summed E-state index contributed by atoms with van der Waals surface area (Å²) in [5, 5.41) is 3.27. The molecule has 0 amide bonds. The fourth-order valence-corrected chi connectivity index (χ4v) is 3.14. The van der Waals surface area contributed by atoms with E-state index in [4.69, 9.17) is 15.2 Å². The third-order valence-corrected chi connectivity index (χ3v) is 4.55. The number of likely N-dealkylation sites (tertiary alicyclic amines) is 1. The molecule has 3 N–H and O–H groups in total. The van der Waals surface area contributed by atoms with Gasteiger partial charge in [0.25, 0.3) is 0 Å². The molecule has 1 atom stereocenters. The standard InChI is InChI=1S/C18H30N4O2.HI/c1-4-22-10-6-5-7-15(22)13-21-18(19)20-12-14-8-9-16(23-2)17(11-14)24-3;/h8-9,11,15H,4-7,10,12-13H2,1-3H3,(H3,19,20,21);1H. The number of rotatable bonds is 7. The van der Waals surface area contributed by atoms with E-state index in [1.807, 2.05) is 18.2 Å². The van der Waals surface area contributed by atoms with Crippen LogP contribution in [0.5, 0.6) is 11.5 Å². The largest absolute Gasteiger partial charge is 0.493 e. The van der Waals surface area contributed by atoms with Crippen LogP contribution in [0.1, 0.15) is 31.7 Å². The smallest absolute Gasteiger partial charge is 0.188 e. The Morgan fingerprint density at radius 1 is 1.28 bits per heavy atom. The molecule has 1 fully saturated rings. The monoisotopic (exact) mass is 462 g/mol. The van der Waals surface area contributed by atoms with Crippen molar-refractivity contribution in [2.24, 2.45) is 10.7 Å². The molecule has 1 saturated heterocycles. The van der Waals surface area contributed by atoms with Crippen molar-refractivity contribution in [3.05, 3.63) is 23.8 Å². The minimum absolute atomic E-state index is 0. The molecule has 0 spiro atoms. The van der Waals surface area contributed by atoms with Crippen molar-refractivity contribution in [2.45, 2.75) is 38.8 Å². The first kappa shape index (κ1) is 21.8. The fraction of sp³-hybridized carbons (Fsp3) is 0.611. The third kappa shape index (κ3) is 6.54. The SMILES string of the molecule is CCN1CCCCC1CNC(N)=NCc1ccc(OC)c(OC)c1.I. The number of methoxy groups -OCH3 is 2. The van der Waals surface area contributed by atoms with E-state index >= 15 is 0 Å². The van der Waals surface area contributed by atoms with Crippen LogP contribution in [-0.2, 0) is 6.54 Å². The van der Waals surface area contributed by atoms with E-state index in [2.05, 4.69) is 22.1 Å². The van der Waals surface area contributed by atoms with E-state index in [9.17, 15) is 0 Å². The number of ether oxygens (including phenoxy) is 2. The van der Waals surface area contributed by atoms with Crippen molar-refractivity contribution in [3.8, 4) is 11.5 Å². The van der Waals surface area contributed by atoms with Gasteiger partial charge in [-0.25, -0.2) is 4.99 Å². The maximum Gasteiger partial charge on any atom is 0.188 e. The number of hydrogen-bond acceptors (Lipinski definition) is 4. The highest BCUT2D eigenvalue weighted by molar-refractivity contribution is 14.0. The number of guanidine groups is 1. The topological polar surface area (TPSA) is 72.1 Å². The Labute approximate surface area is 168 Å². The van der Waals surface area contributed by atoms with Crippen molar-refractivity contribution < 1.29 is 9.47 Å². The number of halogens is 1. The van der Waals surface area contributed by atoms with Gasteiger partial charge >= 0.3 is 0 Å². The van der Waals surface area contributed by atoms with Crippen LogP contribution in [0.2, 0.25) is 0 Å². The summed E-state index contributed by atoms with van der Waals surface area (Å²) in [7, 11) is 3.26. The van der Waals surface area contributed by atoms with Crippen molar-refractivity contribution in [1.82, 2.24) is 10.2 Å². The van der Waals surface area contributed by atoms with Gasteiger partial charge in [-0.05, 0) is 43.6 Å². The van der Waals surface area contributed by atoms with Crippen LogP contribution in [0.4, 0.5) is 0 Å². The lowest BCUT2D eigenvalue weighted by Crippen LogP contribution is -2.47. The Hall–Kier alpha value is -1.22. The molecule has 0 saturated carbocycles. The molecular formula is C18H31IN4O2. The van der Waals surface area contributed by atoms with Crippen molar-refractivity contribution in [2.75, 3.05) is 33.9 Å². The third-order valence-electron chi connectivity index (χ3n) is 4.55. The average molecular weight is 462 g/mol. The van der Waals surface area contributed by atoms with Crippen LogP contribution < -0.4 is 20.5 Å². The van der Waals surface area contributed by atoms with Crippen LogP contribution >= 0.6 is 24.0 Å². The molecule has 0 aromatic heterocycles. The summed E-state index contributed by atoms with van der Waals surface area (Å²) >= 11 is 0. The molecule has 1 unspecified atom stereocenters. The number of hydrogen-bond donors (Lipinski definition) is 2. The van der Waals surface area contributed by atoms with Gasteiger partial charge in [-0.2, -0.15) is 0 Å². The first-order chi connectivity index (χ1) is 11.7. The molecule has 1 aromatic rings. The summed E-state index contributed by atoms with van der Waals surface area (Å²) in [6.07, 6.45) is 3.82. The molecule has 1 aliphatic heterocycles. The van der Waals surface area contributed by atoms with E-state index in [-0.39, 0.29) is 24.0 Å². The fourth-order valence-electron chi connectivity index (χ4n) is 3.14. The van der Waals surface area contributed by atoms with E-state index in [1.165, 1.54) is 25.8 Å². The van der Waals surface area contributed by atoms with Crippen LogP contribution in [-0.4, -0.2) is 50.8 Å². The van der Waals surface area contributed by atoms with Gasteiger partial charge in [0, 0.05) is 12.6 Å². The molecule has 1 heterocycles. The zero-order valence-corrected chi connectivity index (χ0v) is 17.8. The summed E-state index contributed by atoms with van der Waals surface area (Å²) in [6, 6.07) is 6.33. The van der Waals surface area contributed by atoms with Crippen LogP contribution in [0.15, 0.2) is 23.2 Å². The van der Waals surface area contributed by atoms with Gasteiger partial charge in [0.15, 0.2) is 17.5 Å². The molecule has 25 heavy (non-hydrogen) atoms. The molecule has 0 aliphatic carbocycles. The quantitative estimate of drug-likeness (QED) is 0.371. The summed E-state index contributed by atoms with van der Waals surface area (Å²) in [5.41, 5.74) is 7.05. The number of nitrogens with two attached hydrogens (primary N) is 1. The van der Waals surface area contributed by atoms with Crippen LogP contribution in [0.3, 0.4) is 0 Å². The Kier molecular flexibility index (Phi) is 9.96. The summed E-state index contributed by atoms with van der Waals surface area (Å²) in [5.74, 6) is 1.91. The Morgan fingerprint density at radius 3 is 2.72 bits per heavy atom. The second kappa shape index (κ2) is 11.4. The highest BCUT2D eigenvalue weighted by Crippen LogP contribution is 2.27. The number of aliphatic imine (C=N–C) groups is 1. The molecule has 2 rings (SSSR count). The maximum atomic E-state index is 6.02. The van der Waals surface area contributed by atoms with Crippen molar-refractivity contribution >= 4 is 29.9 Å². The molecule has 1 aliphatic rings. The number of piperidine rings is 1. The first-order valence-electron chi connectivity index (χ1n) is 8.66. The number of likely N-dealkylation sites (N-methyl/N-ethyl adjacent to an activating group) is 1. The lowest BCUT2D eigenvalue weighted by Gasteiger charge is -2.35. The molecule has 7 heteroatoms. The maximum absolute atomic E-state index is 6.02. The van der Waals surface area contributed by atoms with E-state index in [1.54, 1.807) is 14.2 Å². The molecule has 1 aromatic carbocycles. The van der Waals surface area contributed by atoms with Gasteiger partial charge in [0.05, 0.1) is 20.8 Å². The first-order valence-corrected chi connectivity index (χ1v) is 8.66. The molecule has 142 valence electrons. The van der Waals surface area contributed by atoms with E-state index in [0.717, 1.165) is 18.7 Å². The second-order valence-electron chi connectivity index (χ2n) is 6.05. The van der Waals surface area contributed by atoms with Crippen molar-refractivity contribution in [3.63, 3.8) is 0 Å². The van der Waals surface area contributed by atoms with Gasteiger partial charge in [0.2, 0.25) is 0 Å². The lowest BCUT2D eigenvalue weighted by atomic mass is 10.0. The number of nitrogens with zero attached hydrogens (tertiary/aromatic N) is 2. The molecule has 0 bridgehead atoms. The van der Waals surface area contributed by atoms with Gasteiger partial charge in [0.1, 0.15) is 0 Å². The zero-order chi connectivity index (χ0) is 17.4. The van der Waals surface area contributed by atoms with Gasteiger partial charge < -0.3 is 20.5 Å². The van der Waals surface area contributed by atoms with Gasteiger partial charge in [-0.1, -0.05) is 19.4 Å². The van der Waals surface area contributed by atoms with E-state index in [0.29, 0.717) is 30.0 Å². The molecular weight excluding hydrogens is 431 g/mol.